The number of hydrogen-bond acceptors (Lipinski definition) is 3. The Bertz CT molecular complexity index is 403. The van der Waals surface area contributed by atoms with Crippen LogP contribution in [0.1, 0.15) is 39.7 Å². The van der Waals surface area contributed by atoms with Gasteiger partial charge < -0.3 is 4.74 Å². The molecule has 20 heavy (non-hydrogen) atoms. The Kier molecular flexibility index (Phi) is 5.19. The van der Waals surface area contributed by atoms with E-state index in [1.807, 2.05) is 18.2 Å². The number of hydroxylamine groups is 1. The minimum absolute atomic E-state index is 0.131. The molecule has 1 aliphatic rings. The minimum Gasteiger partial charge on any atom is -0.377 e. The molecule has 1 aromatic rings. The third-order valence-electron chi connectivity index (χ3n) is 4.12. The van der Waals surface area contributed by atoms with E-state index < -0.39 is 0 Å². The molecule has 0 radical (unpaired) electrons. The van der Waals surface area contributed by atoms with Gasteiger partial charge in [-0.25, -0.2) is 0 Å². The molecule has 0 spiro atoms. The summed E-state index contributed by atoms with van der Waals surface area (Å²) in [4.78, 5) is 5.63. The molecule has 2 rings (SSSR count). The predicted molar refractivity (Wildman–Crippen MR) is 81.1 cm³/mol. The first-order valence-electron chi connectivity index (χ1n) is 7.53. The van der Waals surface area contributed by atoms with Gasteiger partial charge in [-0.05, 0) is 17.9 Å². The third-order valence-corrected chi connectivity index (χ3v) is 4.12. The van der Waals surface area contributed by atoms with E-state index in [1.165, 1.54) is 5.56 Å². The lowest BCUT2D eigenvalue weighted by molar-refractivity contribution is -0.163. The quantitative estimate of drug-likeness (QED) is 0.773. The van der Waals surface area contributed by atoms with Crippen molar-refractivity contribution in [2.24, 2.45) is 11.3 Å². The van der Waals surface area contributed by atoms with Crippen molar-refractivity contribution in [1.29, 1.82) is 0 Å². The van der Waals surface area contributed by atoms with Crippen molar-refractivity contribution in [3.63, 3.8) is 0 Å². The summed E-state index contributed by atoms with van der Waals surface area (Å²) in [5.74, 6) is 0.590. The Morgan fingerprint density at radius 3 is 2.55 bits per heavy atom. The summed E-state index contributed by atoms with van der Waals surface area (Å²) < 4.78 is 5.95. The molecule has 0 aliphatic heterocycles. The van der Waals surface area contributed by atoms with Crippen molar-refractivity contribution in [3.8, 4) is 0 Å². The molecule has 1 fully saturated rings. The van der Waals surface area contributed by atoms with Crippen LogP contribution in [0.25, 0.3) is 0 Å². The van der Waals surface area contributed by atoms with Gasteiger partial charge in [0.05, 0.1) is 12.7 Å². The Morgan fingerprint density at radius 2 is 1.95 bits per heavy atom. The van der Waals surface area contributed by atoms with Crippen molar-refractivity contribution in [2.45, 2.75) is 52.9 Å². The summed E-state index contributed by atoms with van der Waals surface area (Å²) in [5, 5.41) is 0. The Labute approximate surface area is 122 Å². The van der Waals surface area contributed by atoms with Crippen molar-refractivity contribution >= 4 is 0 Å². The van der Waals surface area contributed by atoms with Crippen molar-refractivity contribution in [2.75, 3.05) is 6.61 Å². The van der Waals surface area contributed by atoms with Gasteiger partial charge >= 0.3 is 0 Å². The van der Waals surface area contributed by atoms with Gasteiger partial charge in [0, 0.05) is 18.1 Å². The highest BCUT2D eigenvalue weighted by Gasteiger charge is 2.49. The normalized spacial score (nSPS) is 24.6. The summed E-state index contributed by atoms with van der Waals surface area (Å²) in [5.41, 5.74) is 4.51. The molecule has 1 aliphatic carbocycles. The summed E-state index contributed by atoms with van der Waals surface area (Å²) >= 11 is 0. The molecule has 0 bridgehead atoms. The molecule has 1 saturated carbocycles. The summed E-state index contributed by atoms with van der Waals surface area (Å²) in [6.45, 7) is 10.3. The number of ether oxygens (including phenoxy) is 1. The van der Waals surface area contributed by atoms with Gasteiger partial charge in [0.15, 0.2) is 0 Å². The zero-order chi connectivity index (χ0) is 14.6. The van der Waals surface area contributed by atoms with Gasteiger partial charge in [-0.15, -0.1) is 0 Å². The lowest BCUT2D eigenvalue weighted by Crippen LogP contribution is -2.60. The Morgan fingerprint density at radius 1 is 1.25 bits per heavy atom. The van der Waals surface area contributed by atoms with Crippen LogP contribution in [0.3, 0.4) is 0 Å². The van der Waals surface area contributed by atoms with Crippen LogP contribution in [0.15, 0.2) is 30.3 Å². The third kappa shape index (κ3) is 3.81. The Hall–Kier alpha value is -0.900. The van der Waals surface area contributed by atoms with Gasteiger partial charge in [-0.3, -0.25) is 4.84 Å². The first-order chi connectivity index (χ1) is 9.50. The van der Waals surface area contributed by atoms with E-state index in [2.05, 4.69) is 45.3 Å². The molecule has 112 valence electrons. The standard InChI is InChI=1S/C17H27NO2/c1-13(2)11-19-16-10-15(17(16,3)4)18-20-12-14-8-6-5-7-9-14/h5-9,13,15-16,18H,10-12H2,1-4H3. The average molecular weight is 277 g/mol. The number of hydrogen-bond donors (Lipinski definition) is 1. The lowest BCUT2D eigenvalue weighted by Gasteiger charge is -2.51. The van der Waals surface area contributed by atoms with Crippen LogP contribution in [0.2, 0.25) is 0 Å². The van der Waals surface area contributed by atoms with Crippen LogP contribution in [0.5, 0.6) is 0 Å². The molecule has 2 unspecified atom stereocenters. The fraction of sp³-hybridized carbons (Fsp3) is 0.647. The maximum absolute atomic E-state index is 5.95. The Balaban J connectivity index is 1.70. The summed E-state index contributed by atoms with van der Waals surface area (Å²) in [6.07, 6.45) is 1.36. The van der Waals surface area contributed by atoms with Crippen LogP contribution in [-0.4, -0.2) is 18.8 Å². The molecule has 1 N–H and O–H groups in total. The maximum Gasteiger partial charge on any atom is 0.0933 e. The zero-order valence-electron chi connectivity index (χ0n) is 13.1. The highest BCUT2D eigenvalue weighted by Crippen LogP contribution is 2.42. The lowest BCUT2D eigenvalue weighted by atomic mass is 9.65. The number of nitrogens with one attached hydrogen (secondary N) is 1. The average Bonchev–Trinajstić information content (AvgIpc) is 2.42. The van der Waals surface area contributed by atoms with Gasteiger partial charge in [0.2, 0.25) is 0 Å². The van der Waals surface area contributed by atoms with Gasteiger partial charge in [0.25, 0.3) is 0 Å². The maximum atomic E-state index is 5.95. The van der Waals surface area contributed by atoms with E-state index in [-0.39, 0.29) is 5.41 Å². The first-order valence-corrected chi connectivity index (χ1v) is 7.53. The second-order valence-corrected chi connectivity index (χ2v) is 6.72. The molecule has 0 amide bonds. The van der Waals surface area contributed by atoms with Crippen molar-refractivity contribution in [1.82, 2.24) is 5.48 Å². The first kappa shape index (κ1) is 15.5. The van der Waals surface area contributed by atoms with Crippen molar-refractivity contribution in [3.05, 3.63) is 35.9 Å². The molecule has 2 atom stereocenters. The molecule has 3 heteroatoms. The van der Waals surface area contributed by atoms with Crippen LogP contribution in [0.4, 0.5) is 0 Å². The molecule has 3 nitrogen and oxygen atoms in total. The van der Waals surface area contributed by atoms with Gasteiger partial charge in [-0.2, -0.15) is 5.48 Å². The molecular weight excluding hydrogens is 250 g/mol. The van der Waals surface area contributed by atoms with E-state index in [4.69, 9.17) is 9.57 Å². The summed E-state index contributed by atoms with van der Waals surface area (Å²) in [6, 6.07) is 10.6. The fourth-order valence-corrected chi connectivity index (χ4v) is 2.48. The van der Waals surface area contributed by atoms with Crippen LogP contribution < -0.4 is 5.48 Å². The van der Waals surface area contributed by atoms with E-state index in [1.54, 1.807) is 0 Å². The molecular formula is C17H27NO2. The van der Waals surface area contributed by atoms with E-state index >= 15 is 0 Å². The van der Waals surface area contributed by atoms with E-state index in [9.17, 15) is 0 Å². The molecule has 0 aromatic heterocycles. The topological polar surface area (TPSA) is 30.5 Å². The van der Waals surface area contributed by atoms with E-state index in [0.29, 0.717) is 24.7 Å². The smallest absolute Gasteiger partial charge is 0.0933 e. The highest BCUT2D eigenvalue weighted by molar-refractivity contribution is 5.13. The zero-order valence-corrected chi connectivity index (χ0v) is 13.1. The number of rotatable bonds is 7. The molecule has 0 heterocycles. The fourth-order valence-electron chi connectivity index (χ4n) is 2.48. The van der Waals surface area contributed by atoms with Crippen molar-refractivity contribution < 1.29 is 9.57 Å². The summed E-state index contributed by atoms with van der Waals surface area (Å²) in [7, 11) is 0. The highest BCUT2D eigenvalue weighted by atomic mass is 16.6. The largest absolute Gasteiger partial charge is 0.377 e. The number of benzene rings is 1. The minimum atomic E-state index is 0.131. The van der Waals surface area contributed by atoms with Crippen LogP contribution >= 0.6 is 0 Å². The predicted octanol–water partition coefficient (Wildman–Crippen LogP) is 3.55. The van der Waals surface area contributed by atoms with Crippen LogP contribution in [-0.2, 0) is 16.2 Å². The monoisotopic (exact) mass is 277 g/mol. The van der Waals surface area contributed by atoms with Gasteiger partial charge in [-0.1, -0.05) is 58.0 Å². The van der Waals surface area contributed by atoms with Crippen LogP contribution in [0, 0.1) is 11.3 Å². The SMILES string of the molecule is CC(C)COC1CC(NOCc2ccccc2)C1(C)C. The second kappa shape index (κ2) is 6.70. The second-order valence-electron chi connectivity index (χ2n) is 6.72. The van der Waals surface area contributed by atoms with E-state index in [0.717, 1.165) is 13.0 Å². The van der Waals surface area contributed by atoms with Gasteiger partial charge in [0.1, 0.15) is 0 Å². The molecule has 1 aromatic carbocycles. The molecule has 0 saturated heterocycles.